The number of carboxylic acids is 1. The molecule has 10 nitrogen and oxygen atoms in total. The predicted molar refractivity (Wildman–Crippen MR) is 163 cm³/mol. The fourth-order valence-electron chi connectivity index (χ4n) is 4.34. The van der Waals surface area contributed by atoms with E-state index in [9.17, 15) is 24.3 Å². The van der Waals surface area contributed by atoms with E-state index in [0.29, 0.717) is 38.9 Å². The van der Waals surface area contributed by atoms with Crippen molar-refractivity contribution in [3.63, 3.8) is 0 Å². The van der Waals surface area contributed by atoms with E-state index >= 15 is 0 Å². The first kappa shape index (κ1) is 29.8. The van der Waals surface area contributed by atoms with Crippen LogP contribution in [-0.2, 0) is 9.59 Å². The molecule has 1 unspecified atom stereocenters. The number of thiophene rings is 1. The highest BCUT2D eigenvalue weighted by Gasteiger charge is 2.22. The zero-order chi connectivity index (χ0) is 30.2. The molecule has 1 aromatic heterocycles. The summed E-state index contributed by atoms with van der Waals surface area (Å²) in [6.45, 7) is 3.30. The Morgan fingerprint density at radius 3 is 2.21 bits per heavy atom. The molecule has 0 fully saturated rings. The third-order valence-corrected chi connectivity index (χ3v) is 7.25. The summed E-state index contributed by atoms with van der Waals surface area (Å²) in [6.07, 6.45) is -0.310. The number of aryl methyl sites for hydroxylation is 1. The molecule has 1 atom stereocenters. The van der Waals surface area contributed by atoms with Gasteiger partial charge in [-0.05, 0) is 59.8 Å². The van der Waals surface area contributed by atoms with Gasteiger partial charge in [0.1, 0.15) is 5.75 Å². The van der Waals surface area contributed by atoms with E-state index in [1.54, 1.807) is 66.0 Å². The number of nitrogens with zero attached hydrogens (tertiary/aromatic N) is 1. The molecule has 0 saturated heterocycles. The van der Waals surface area contributed by atoms with Crippen molar-refractivity contribution in [1.82, 2.24) is 5.32 Å². The summed E-state index contributed by atoms with van der Waals surface area (Å²) in [5.74, 6) is -1.36. The molecular formula is C31H30N4O6S. The molecule has 4 N–H and O–H groups in total. The Morgan fingerprint density at radius 2 is 1.60 bits per heavy atom. The molecule has 1 heterocycles. The van der Waals surface area contributed by atoms with Gasteiger partial charge in [-0.15, -0.1) is 11.3 Å². The van der Waals surface area contributed by atoms with Crippen molar-refractivity contribution in [2.75, 3.05) is 22.6 Å². The van der Waals surface area contributed by atoms with E-state index in [-0.39, 0.29) is 18.2 Å². The van der Waals surface area contributed by atoms with Crippen molar-refractivity contribution in [2.45, 2.75) is 26.3 Å². The number of amides is 4. The third-order valence-electron chi connectivity index (χ3n) is 6.38. The summed E-state index contributed by atoms with van der Waals surface area (Å²) < 4.78 is 5.51. The van der Waals surface area contributed by atoms with Gasteiger partial charge in [0.05, 0.1) is 35.8 Å². The Morgan fingerprint density at radius 1 is 0.905 bits per heavy atom. The largest absolute Gasteiger partial charge is 0.494 e. The molecule has 216 valence electrons. The smallest absolute Gasteiger partial charge is 0.323 e. The number of aliphatic carboxylic acids is 1. The molecule has 0 aliphatic rings. The minimum Gasteiger partial charge on any atom is -0.494 e. The van der Waals surface area contributed by atoms with Crippen LogP contribution >= 0.6 is 11.3 Å². The van der Waals surface area contributed by atoms with Crippen molar-refractivity contribution < 1.29 is 29.0 Å². The third kappa shape index (κ3) is 7.32. The second kappa shape index (κ2) is 13.5. The highest BCUT2D eigenvalue weighted by Crippen LogP contribution is 2.34. The van der Waals surface area contributed by atoms with Crippen LogP contribution in [0.25, 0.3) is 0 Å². The maximum absolute atomic E-state index is 12.8. The summed E-state index contributed by atoms with van der Waals surface area (Å²) >= 11 is 1.26. The maximum atomic E-state index is 12.8. The quantitative estimate of drug-likeness (QED) is 0.171. The molecule has 0 radical (unpaired) electrons. The first-order valence-electron chi connectivity index (χ1n) is 12.9. The lowest BCUT2D eigenvalue weighted by Gasteiger charge is -2.24. The fourth-order valence-corrected chi connectivity index (χ4v) is 4.97. The van der Waals surface area contributed by atoms with Gasteiger partial charge in [-0.2, -0.15) is 0 Å². The van der Waals surface area contributed by atoms with Gasteiger partial charge < -0.3 is 25.8 Å². The van der Waals surface area contributed by atoms with Crippen LogP contribution in [0.1, 0.15) is 40.2 Å². The summed E-state index contributed by atoms with van der Waals surface area (Å²) in [5.41, 5.74) is 3.58. The van der Waals surface area contributed by atoms with Crippen molar-refractivity contribution in [3.8, 4) is 5.75 Å². The van der Waals surface area contributed by atoms with Gasteiger partial charge in [-0.3, -0.25) is 19.3 Å². The number of nitrogens with one attached hydrogen (secondary N) is 3. The van der Waals surface area contributed by atoms with Gasteiger partial charge >= 0.3 is 12.0 Å². The summed E-state index contributed by atoms with van der Waals surface area (Å²) in [7, 11) is 1.46. The standard InChI is InChI=1S/C31H30N4O6S/c1-19-7-4-5-8-24(19)33-31(40)34-25-15-14-23(17-27(25)41-3)35(20(2)36)22-12-10-21(11-13-22)26(18-29(37)38)32-30(39)28-9-6-16-42-28/h4-17,26H,18H2,1-3H3,(H,32,39)(H,37,38)(H2,33,34,40). The summed E-state index contributed by atoms with van der Waals surface area (Å²) in [4.78, 5) is 51.4. The molecule has 11 heteroatoms. The normalized spacial score (nSPS) is 11.2. The van der Waals surface area contributed by atoms with Gasteiger partial charge in [0.15, 0.2) is 0 Å². The van der Waals surface area contributed by atoms with E-state index < -0.39 is 18.0 Å². The van der Waals surface area contributed by atoms with Crippen molar-refractivity contribution in [2.24, 2.45) is 0 Å². The first-order valence-corrected chi connectivity index (χ1v) is 13.8. The number of benzene rings is 3. The molecule has 4 rings (SSSR count). The predicted octanol–water partition coefficient (Wildman–Crippen LogP) is 6.34. The zero-order valence-electron chi connectivity index (χ0n) is 23.2. The molecule has 0 saturated carbocycles. The highest BCUT2D eigenvalue weighted by molar-refractivity contribution is 7.12. The second-order valence-electron chi connectivity index (χ2n) is 9.33. The molecular weight excluding hydrogens is 556 g/mol. The number of para-hydroxylation sites is 1. The molecule has 4 aromatic rings. The Labute approximate surface area is 246 Å². The lowest BCUT2D eigenvalue weighted by atomic mass is 10.0. The van der Waals surface area contributed by atoms with Crippen LogP contribution in [0, 0.1) is 6.92 Å². The zero-order valence-corrected chi connectivity index (χ0v) is 24.0. The van der Waals surface area contributed by atoms with Gasteiger partial charge in [-0.25, -0.2) is 4.79 Å². The van der Waals surface area contributed by atoms with Gasteiger partial charge in [0.25, 0.3) is 5.91 Å². The summed E-state index contributed by atoms with van der Waals surface area (Å²) in [6, 6.07) is 21.2. The minimum absolute atomic E-state index is 0.282. The molecule has 0 bridgehead atoms. The molecule has 42 heavy (non-hydrogen) atoms. The number of carbonyl (C=O) groups is 4. The van der Waals surface area contributed by atoms with Crippen molar-refractivity contribution in [3.05, 3.63) is 100 Å². The van der Waals surface area contributed by atoms with E-state index in [4.69, 9.17) is 4.74 Å². The molecule has 4 amide bonds. The number of carbonyl (C=O) groups excluding carboxylic acids is 3. The lowest BCUT2D eigenvalue weighted by molar-refractivity contribution is -0.137. The average Bonchev–Trinajstić information content (AvgIpc) is 3.50. The molecule has 0 aliphatic heterocycles. The van der Waals surface area contributed by atoms with Crippen LogP contribution in [-0.4, -0.2) is 36.0 Å². The Kier molecular flexibility index (Phi) is 9.56. The van der Waals surface area contributed by atoms with Crippen LogP contribution in [0.3, 0.4) is 0 Å². The Balaban J connectivity index is 1.54. The van der Waals surface area contributed by atoms with Crippen molar-refractivity contribution >= 4 is 57.9 Å². The van der Waals surface area contributed by atoms with Gasteiger partial charge in [0.2, 0.25) is 5.91 Å². The van der Waals surface area contributed by atoms with Crippen LogP contribution in [0.15, 0.2) is 84.2 Å². The highest BCUT2D eigenvalue weighted by atomic mass is 32.1. The van der Waals surface area contributed by atoms with E-state index in [2.05, 4.69) is 16.0 Å². The van der Waals surface area contributed by atoms with E-state index in [0.717, 1.165) is 5.56 Å². The number of hydrogen-bond donors (Lipinski definition) is 4. The fraction of sp³-hybridized carbons (Fsp3) is 0.161. The first-order chi connectivity index (χ1) is 20.2. The van der Waals surface area contributed by atoms with E-state index in [1.807, 2.05) is 25.1 Å². The number of ether oxygens (including phenoxy) is 1. The number of anilines is 4. The Bertz CT molecular complexity index is 1590. The number of methoxy groups -OCH3 is 1. The van der Waals surface area contributed by atoms with Gasteiger partial charge in [0, 0.05) is 24.4 Å². The topological polar surface area (TPSA) is 137 Å². The maximum Gasteiger partial charge on any atom is 0.323 e. The number of carboxylic acid groups (broad SMARTS) is 1. The monoisotopic (exact) mass is 586 g/mol. The average molecular weight is 587 g/mol. The summed E-state index contributed by atoms with van der Waals surface area (Å²) in [5, 5.41) is 19.5. The molecule has 0 spiro atoms. The number of hydrogen-bond acceptors (Lipinski definition) is 6. The van der Waals surface area contributed by atoms with Crippen LogP contribution < -0.4 is 25.6 Å². The number of urea groups is 1. The minimum atomic E-state index is -1.06. The lowest BCUT2D eigenvalue weighted by Crippen LogP contribution is -2.29. The van der Waals surface area contributed by atoms with Crippen molar-refractivity contribution in [1.29, 1.82) is 0 Å². The van der Waals surface area contributed by atoms with Gasteiger partial charge in [-0.1, -0.05) is 36.4 Å². The molecule has 3 aromatic carbocycles. The van der Waals surface area contributed by atoms with E-state index in [1.165, 1.54) is 30.3 Å². The number of rotatable bonds is 10. The van der Waals surface area contributed by atoms with Crippen LogP contribution in [0.5, 0.6) is 5.75 Å². The molecule has 0 aliphatic carbocycles. The second-order valence-corrected chi connectivity index (χ2v) is 10.3. The SMILES string of the molecule is COc1cc(N(C(C)=O)c2ccc(C(CC(=O)O)NC(=O)c3cccs3)cc2)ccc1NC(=O)Nc1ccccc1C. The Hall–Kier alpha value is -5.16. The van der Waals surface area contributed by atoms with Crippen LogP contribution in [0.4, 0.5) is 27.5 Å². The van der Waals surface area contributed by atoms with Crippen LogP contribution in [0.2, 0.25) is 0 Å².